The van der Waals surface area contributed by atoms with Crippen molar-refractivity contribution >= 4 is 29.2 Å². The van der Waals surface area contributed by atoms with Gasteiger partial charge in [-0.3, -0.25) is 14.5 Å². The van der Waals surface area contributed by atoms with E-state index in [1.807, 2.05) is 6.92 Å². The molecule has 0 bridgehead atoms. The van der Waals surface area contributed by atoms with Crippen molar-refractivity contribution in [3.8, 4) is 11.5 Å². The molecule has 0 fully saturated rings. The SMILES string of the molecule is CCOc1ccccc1NC(=O)C(C)N1C(=O)C(C)(C)Oc2cc(C(=O)O)ccc21. The highest BCUT2D eigenvalue weighted by atomic mass is 16.5. The maximum absolute atomic E-state index is 13.1. The number of hydrogen-bond donors (Lipinski definition) is 2. The van der Waals surface area contributed by atoms with Crippen LogP contribution < -0.4 is 19.7 Å². The lowest BCUT2D eigenvalue weighted by Gasteiger charge is -2.41. The lowest BCUT2D eigenvalue weighted by Crippen LogP contribution is -2.57. The maximum Gasteiger partial charge on any atom is 0.335 e. The standard InChI is InChI=1S/C22H24N2O6/c1-5-29-17-9-7-6-8-15(17)23-19(25)13(2)24-16-11-10-14(20(26)27)12-18(16)30-22(3,4)21(24)28/h6-13H,5H2,1-4H3,(H,23,25)(H,26,27). The number of nitrogens with one attached hydrogen (secondary N) is 1. The number of anilines is 2. The molecule has 30 heavy (non-hydrogen) atoms. The second-order valence-electron chi connectivity index (χ2n) is 7.37. The second-order valence-corrected chi connectivity index (χ2v) is 7.37. The molecule has 0 radical (unpaired) electrons. The molecule has 1 heterocycles. The van der Waals surface area contributed by atoms with Crippen molar-refractivity contribution in [1.82, 2.24) is 0 Å². The molecular formula is C22H24N2O6. The van der Waals surface area contributed by atoms with E-state index < -0.39 is 29.4 Å². The number of carbonyl (C=O) groups is 3. The van der Waals surface area contributed by atoms with Crippen molar-refractivity contribution in [1.29, 1.82) is 0 Å². The first-order valence-electron chi connectivity index (χ1n) is 9.58. The van der Waals surface area contributed by atoms with Crippen molar-refractivity contribution in [3.05, 3.63) is 48.0 Å². The lowest BCUT2D eigenvalue weighted by molar-refractivity contribution is -0.134. The molecule has 1 aliphatic heterocycles. The van der Waals surface area contributed by atoms with Crippen molar-refractivity contribution in [2.45, 2.75) is 39.3 Å². The van der Waals surface area contributed by atoms with Crippen LogP contribution in [-0.4, -0.2) is 41.1 Å². The number of carbonyl (C=O) groups excluding carboxylic acids is 2. The van der Waals surface area contributed by atoms with Gasteiger partial charge in [0.1, 0.15) is 17.5 Å². The zero-order valence-corrected chi connectivity index (χ0v) is 17.3. The topological polar surface area (TPSA) is 105 Å². The van der Waals surface area contributed by atoms with Gasteiger partial charge in [-0.15, -0.1) is 0 Å². The van der Waals surface area contributed by atoms with Crippen molar-refractivity contribution in [2.24, 2.45) is 0 Å². The Morgan fingerprint density at radius 2 is 1.93 bits per heavy atom. The van der Waals surface area contributed by atoms with E-state index in [9.17, 15) is 19.5 Å². The van der Waals surface area contributed by atoms with E-state index in [-0.39, 0.29) is 11.3 Å². The minimum Gasteiger partial charge on any atom is -0.492 e. The van der Waals surface area contributed by atoms with Crippen LogP contribution in [0.2, 0.25) is 0 Å². The Morgan fingerprint density at radius 1 is 1.23 bits per heavy atom. The predicted molar refractivity (Wildman–Crippen MR) is 111 cm³/mol. The molecule has 1 aliphatic rings. The number of aromatic carboxylic acids is 1. The molecule has 2 aromatic carbocycles. The van der Waals surface area contributed by atoms with Crippen LogP contribution in [0.4, 0.5) is 11.4 Å². The van der Waals surface area contributed by atoms with Gasteiger partial charge in [0.15, 0.2) is 5.60 Å². The minimum atomic E-state index is -1.26. The Kier molecular flexibility index (Phi) is 5.69. The molecule has 0 aromatic heterocycles. The van der Waals surface area contributed by atoms with Gasteiger partial charge in [0, 0.05) is 0 Å². The molecular weight excluding hydrogens is 388 g/mol. The first-order valence-corrected chi connectivity index (χ1v) is 9.58. The van der Waals surface area contributed by atoms with Crippen LogP contribution in [0.3, 0.4) is 0 Å². The molecule has 8 heteroatoms. The molecule has 0 aliphatic carbocycles. The molecule has 0 spiro atoms. The van der Waals surface area contributed by atoms with Gasteiger partial charge in [-0.2, -0.15) is 0 Å². The average molecular weight is 412 g/mol. The first-order chi connectivity index (χ1) is 14.2. The van der Waals surface area contributed by atoms with Gasteiger partial charge in [-0.1, -0.05) is 12.1 Å². The molecule has 0 saturated carbocycles. The summed E-state index contributed by atoms with van der Waals surface area (Å²) in [5.41, 5.74) is -0.397. The fraction of sp³-hybridized carbons (Fsp3) is 0.318. The van der Waals surface area contributed by atoms with E-state index in [0.717, 1.165) is 0 Å². The summed E-state index contributed by atoms with van der Waals surface area (Å²) in [6.45, 7) is 7.05. The summed E-state index contributed by atoms with van der Waals surface area (Å²) in [6, 6.07) is 10.4. The third kappa shape index (κ3) is 3.94. The third-order valence-electron chi connectivity index (χ3n) is 4.78. The fourth-order valence-corrected chi connectivity index (χ4v) is 3.24. The van der Waals surface area contributed by atoms with Crippen LogP contribution >= 0.6 is 0 Å². The van der Waals surface area contributed by atoms with E-state index in [2.05, 4.69) is 5.32 Å². The Morgan fingerprint density at radius 3 is 2.60 bits per heavy atom. The van der Waals surface area contributed by atoms with Gasteiger partial charge in [-0.05, 0) is 58.0 Å². The van der Waals surface area contributed by atoms with Gasteiger partial charge < -0.3 is 19.9 Å². The van der Waals surface area contributed by atoms with Gasteiger partial charge in [0.25, 0.3) is 5.91 Å². The summed E-state index contributed by atoms with van der Waals surface area (Å²) < 4.78 is 11.3. The molecule has 3 rings (SSSR count). The number of rotatable bonds is 6. The molecule has 8 nitrogen and oxygen atoms in total. The first kappa shape index (κ1) is 21.2. The third-order valence-corrected chi connectivity index (χ3v) is 4.78. The number of carboxylic acid groups (broad SMARTS) is 1. The van der Waals surface area contributed by atoms with Gasteiger partial charge in [0.2, 0.25) is 5.91 Å². The highest BCUT2D eigenvalue weighted by molar-refractivity contribution is 6.10. The Hall–Kier alpha value is -3.55. The van der Waals surface area contributed by atoms with E-state index in [1.54, 1.807) is 45.0 Å². The summed E-state index contributed by atoms with van der Waals surface area (Å²) in [6.07, 6.45) is 0. The monoisotopic (exact) mass is 412 g/mol. The zero-order chi connectivity index (χ0) is 22.1. The van der Waals surface area contributed by atoms with Gasteiger partial charge in [-0.25, -0.2) is 4.79 Å². The second kappa shape index (κ2) is 8.06. The number of nitrogens with zero attached hydrogens (tertiary/aromatic N) is 1. The summed E-state index contributed by atoms with van der Waals surface area (Å²) >= 11 is 0. The van der Waals surface area contributed by atoms with Crippen molar-refractivity contribution in [3.63, 3.8) is 0 Å². The van der Waals surface area contributed by atoms with E-state index in [0.29, 0.717) is 23.7 Å². The highest BCUT2D eigenvalue weighted by Crippen LogP contribution is 2.40. The molecule has 2 amide bonds. The lowest BCUT2D eigenvalue weighted by atomic mass is 10.0. The number of carboxylic acids is 1. The van der Waals surface area contributed by atoms with Gasteiger partial charge in [0.05, 0.1) is 23.5 Å². The molecule has 2 aromatic rings. The van der Waals surface area contributed by atoms with Crippen LogP contribution in [0.5, 0.6) is 11.5 Å². The van der Waals surface area contributed by atoms with Crippen LogP contribution in [-0.2, 0) is 9.59 Å². The Bertz CT molecular complexity index is 1000. The summed E-state index contributed by atoms with van der Waals surface area (Å²) in [5, 5.41) is 12.1. The number of para-hydroxylation sites is 2. The normalized spacial score (nSPS) is 15.6. The Labute approximate surface area is 174 Å². The minimum absolute atomic E-state index is 0.0293. The number of benzene rings is 2. The van der Waals surface area contributed by atoms with Crippen LogP contribution in [0.1, 0.15) is 38.1 Å². The summed E-state index contributed by atoms with van der Waals surface area (Å²) in [4.78, 5) is 38.7. The van der Waals surface area contributed by atoms with Crippen LogP contribution in [0.25, 0.3) is 0 Å². The van der Waals surface area contributed by atoms with Crippen molar-refractivity contribution in [2.75, 3.05) is 16.8 Å². The smallest absolute Gasteiger partial charge is 0.335 e. The highest BCUT2D eigenvalue weighted by Gasteiger charge is 2.44. The van der Waals surface area contributed by atoms with E-state index in [4.69, 9.17) is 9.47 Å². The number of amides is 2. The van der Waals surface area contributed by atoms with Crippen LogP contribution in [0.15, 0.2) is 42.5 Å². The van der Waals surface area contributed by atoms with Gasteiger partial charge >= 0.3 is 5.97 Å². The van der Waals surface area contributed by atoms with E-state index in [1.165, 1.54) is 23.1 Å². The number of ether oxygens (including phenoxy) is 2. The molecule has 158 valence electrons. The average Bonchev–Trinajstić information content (AvgIpc) is 2.69. The summed E-state index contributed by atoms with van der Waals surface area (Å²) in [7, 11) is 0. The molecule has 1 unspecified atom stereocenters. The number of hydrogen-bond acceptors (Lipinski definition) is 5. The quantitative estimate of drug-likeness (QED) is 0.754. The molecule has 1 atom stereocenters. The molecule has 2 N–H and O–H groups in total. The van der Waals surface area contributed by atoms with Crippen molar-refractivity contribution < 1.29 is 29.0 Å². The molecule has 0 saturated heterocycles. The van der Waals surface area contributed by atoms with Crippen LogP contribution in [0, 0.1) is 0 Å². The predicted octanol–water partition coefficient (Wildman–Crippen LogP) is 3.31. The summed E-state index contributed by atoms with van der Waals surface area (Å²) in [5.74, 6) is -1.17. The fourth-order valence-electron chi connectivity index (χ4n) is 3.24. The zero-order valence-electron chi connectivity index (χ0n) is 17.3. The Balaban J connectivity index is 1.95. The largest absolute Gasteiger partial charge is 0.492 e. The maximum atomic E-state index is 13.1. The van der Waals surface area contributed by atoms with E-state index >= 15 is 0 Å². The number of fused-ring (bicyclic) bond motifs is 1.